The van der Waals surface area contributed by atoms with Gasteiger partial charge in [0.25, 0.3) is 0 Å². The molecule has 0 spiro atoms. The Kier molecular flexibility index (Phi) is 4.01. The Morgan fingerprint density at radius 3 is 2.89 bits per heavy atom. The zero-order valence-corrected chi connectivity index (χ0v) is 11.4. The fourth-order valence-electron chi connectivity index (χ4n) is 2.54. The average Bonchev–Trinajstić information content (AvgIpc) is 2.61. The average molecular weight is 250 g/mol. The lowest BCUT2D eigenvalue weighted by molar-refractivity contribution is -0.117. The van der Waals surface area contributed by atoms with Crippen molar-refractivity contribution in [1.82, 2.24) is 14.7 Å². The second-order valence-corrected chi connectivity index (χ2v) is 5.18. The number of likely N-dealkylation sites (tertiary alicyclic amines) is 1. The molecule has 1 N–H and O–H groups in total. The highest BCUT2D eigenvalue weighted by Crippen LogP contribution is 2.19. The zero-order chi connectivity index (χ0) is 13.1. The number of nitrogens with zero attached hydrogens (tertiary/aromatic N) is 3. The molecule has 0 radical (unpaired) electrons. The largest absolute Gasteiger partial charge is 0.323 e. The number of aromatic nitrogens is 2. The topological polar surface area (TPSA) is 50.2 Å². The first kappa shape index (κ1) is 13.1. The van der Waals surface area contributed by atoms with E-state index in [9.17, 15) is 4.79 Å². The summed E-state index contributed by atoms with van der Waals surface area (Å²) in [5.41, 5.74) is 1.68. The molecule has 0 saturated carbocycles. The van der Waals surface area contributed by atoms with Crippen molar-refractivity contribution in [3.8, 4) is 0 Å². The van der Waals surface area contributed by atoms with Crippen molar-refractivity contribution in [2.75, 3.05) is 18.9 Å². The minimum absolute atomic E-state index is 0.0878. The van der Waals surface area contributed by atoms with Gasteiger partial charge in [0.2, 0.25) is 5.91 Å². The molecule has 5 nitrogen and oxygen atoms in total. The summed E-state index contributed by atoms with van der Waals surface area (Å²) in [7, 11) is 3.96. The van der Waals surface area contributed by atoms with Gasteiger partial charge in [0.15, 0.2) is 0 Å². The minimum atomic E-state index is 0.0878. The van der Waals surface area contributed by atoms with Crippen molar-refractivity contribution in [3.63, 3.8) is 0 Å². The third-order valence-electron chi connectivity index (χ3n) is 3.63. The lowest BCUT2D eigenvalue weighted by Gasteiger charge is -2.31. The molecule has 1 fully saturated rings. The van der Waals surface area contributed by atoms with Gasteiger partial charge in [-0.1, -0.05) is 6.42 Å². The van der Waals surface area contributed by atoms with Crippen LogP contribution in [0.4, 0.5) is 5.69 Å². The number of hydrogen-bond donors (Lipinski definition) is 1. The molecule has 1 saturated heterocycles. The van der Waals surface area contributed by atoms with E-state index in [0.29, 0.717) is 12.5 Å². The summed E-state index contributed by atoms with van der Waals surface area (Å²) in [4.78, 5) is 14.3. The number of aryl methyl sites for hydroxylation is 2. The Labute approximate surface area is 108 Å². The van der Waals surface area contributed by atoms with E-state index in [0.717, 1.165) is 24.3 Å². The first-order chi connectivity index (χ1) is 8.56. The number of nitrogens with one attached hydrogen (secondary N) is 1. The minimum Gasteiger partial charge on any atom is -0.323 e. The number of carbonyl (C=O) groups is 1. The van der Waals surface area contributed by atoms with Crippen molar-refractivity contribution < 1.29 is 4.79 Å². The molecule has 1 aromatic rings. The fourth-order valence-corrected chi connectivity index (χ4v) is 2.54. The summed E-state index contributed by atoms with van der Waals surface area (Å²) in [6.07, 6.45) is 6.02. The summed E-state index contributed by atoms with van der Waals surface area (Å²) in [5, 5.41) is 7.17. The number of amides is 1. The monoisotopic (exact) mass is 250 g/mol. The molecule has 1 aliphatic rings. The van der Waals surface area contributed by atoms with Gasteiger partial charge in [-0.05, 0) is 33.4 Å². The van der Waals surface area contributed by atoms with Crippen LogP contribution in [0.3, 0.4) is 0 Å². The van der Waals surface area contributed by atoms with E-state index in [1.807, 2.05) is 20.2 Å². The molecule has 1 aliphatic heterocycles. The highest BCUT2D eigenvalue weighted by Gasteiger charge is 2.22. The molecule has 5 heteroatoms. The van der Waals surface area contributed by atoms with Crippen LogP contribution in [0.1, 0.15) is 31.4 Å². The highest BCUT2D eigenvalue weighted by molar-refractivity contribution is 5.91. The predicted molar refractivity (Wildman–Crippen MR) is 71.5 cm³/mol. The Balaban J connectivity index is 1.90. The standard InChI is InChI=1S/C13H22N4O/c1-10-12(9-17(3)15-10)14-13(18)8-11-6-4-5-7-16(11)2/h9,11H,4-8H2,1-3H3,(H,14,18). The van der Waals surface area contributed by atoms with Crippen LogP contribution in [0.5, 0.6) is 0 Å². The third kappa shape index (κ3) is 3.10. The van der Waals surface area contributed by atoms with E-state index in [1.165, 1.54) is 12.8 Å². The van der Waals surface area contributed by atoms with Crippen molar-refractivity contribution in [2.45, 2.75) is 38.6 Å². The summed E-state index contributed by atoms with van der Waals surface area (Å²) < 4.78 is 1.72. The van der Waals surface area contributed by atoms with Gasteiger partial charge in [0, 0.05) is 25.7 Å². The molecule has 2 heterocycles. The van der Waals surface area contributed by atoms with Crippen molar-refractivity contribution in [1.29, 1.82) is 0 Å². The van der Waals surface area contributed by atoms with Crippen LogP contribution in [0, 0.1) is 6.92 Å². The number of anilines is 1. The number of piperidine rings is 1. The van der Waals surface area contributed by atoms with Crippen LogP contribution in [0.2, 0.25) is 0 Å². The van der Waals surface area contributed by atoms with Crippen LogP contribution in [0.15, 0.2) is 6.20 Å². The van der Waals surface area contributed by atoms with E-state index in [-0.39, 0.29) is 5.91 Å². The Morgan fingerprint density at radius 2 is 2.28 bits per heavy atom. The lowest BCUT2D eigenvalue weighted by atomic mass is 10.00. The second-order valence-electron chi connectivity index (χ2n) is 5.18. The summed E-state index contributed by atoms with van der Waals surface area (Å²) in [5.74, 6) is 0.0878. The molecule has 18 heavy (non-hydrogen) atoms. The molecule has 2 rings (SSSR count). The van der Waals surface area contributed by atoms with Crippen molar-refractivity contribution in [3.05, 3.63) is 11.9 Å². The third-order valence-corrected chi connectivity index (χ3v) is 3.63. The van der Waals surface area contributed by atoms with Gasteiger partial charge in [0.1, 0.15) is 0 Å². The lowest BCUT2D eigenvalue weighted by Crippen LogP contribution is -2.38. The molecular formula is C13H22N4O. The first-order valence-electron chi connectivity index (χ1n) is 6.56. The summed E-state index contributed by atoms with van der Waals surface area (Å²) >= 11 is 0. The van der Waals surface area contributed by atoms with Gasteiger partial charge >= 0.3 is 0 Å². The highest BCUT2D eigenvalue weighted by atomic mass is 16.1. The Morgan fingerprint density at radius 1 is 1.50 bits per heavy atom. The Bertz CT molecular complexity index is 427. The van der Waals surface area contributed by atoms with E-state index < -0.39 is 0 Å². The molecule has 0 bridgehead atoms. The van der Waals surface area contributed by atoms with Gasteiger partial charge in [-0.25, -0.2) is 0 Å². The normalized spacial score (nSPS) is 20.9. The first-order valence-corrected chi connectivity index (χ1v) is 6.56. The predicted octanol–water partition coefficient (Wildman–Crippen LogP) is 1.54. The van der Waals surface area contributed by atoms with E-state index in [1.54, 1.807) is 4.68 Å². The summed E-state index contributed by atoms with van der Waals surface area (Å²) in [6, 6.07) is 0.385. The number of carbonyl (C=O) groups excluding carboxylic acids is 1. The van der Waals surface area contributed by atoms with Crippen LogP contribution in [-0.2, 0) is 11.8 Å². The van der Waals surface area contributed by atoms with Gasteiger partial charge in [0.05, 0.1) is 11.4 Å². The molecule has 1 aromatic heterocycles. The maximum absolute atomic E-state index is 12.0. The SMILES string of the molecule is Cc1nn(C)cc1NC(=O)CC1CCCCN1C. The van der Waals surface area contributed by atoms with E-state index >= 15 is 0 Å². The van der Waals surface area contributed by atoms with Crippen LogP contribution < -0.4 is 5.32 Å². The number of hydrogen-bond acceptors (Lipinski definition) is 3. The zero-order valence-electron chi connectivity index (χ0n) is 11.4. The molecule has 1 amide bonds. The maximum Gasteiger partial charge on any atom is 0.226 e. The van der Waals surface area contributed by atoms with Crippen LogP contribution in [0.25, 0.3) is 0 Å². The van der Waals surface area contributed by atoms with Crippen LogP contribution >= 0.6 is 0 Å². The second kappa shape index (κ2) is 5.52. The molecular weight excluding hydrogens is 228 g/mol. The molecule has 1 unspecified atom stereocenters. The molecule has 100 valence electrons. The molecule has 0 aromatic carbocycles. The van der Waals surface area contributed by atoms with Crippen molar-refractivity contribution >= 4 is 11.6 Å². The molecule has 0 aliphatic carbocycles. The maximum atomic E-state index is 12.0. The quantitative estimate of drug-likeness (QED) is 0.885. The molecule has 1 atom stereocenters. The van der Waals surface area contributed by atoms with Gasteiger partial charge in [-0.2, -0.15) is 5.10 Å². The Hall–Kier alpha value is -1.36. The van der Waals surface area contributed by atoms with Gasteiger partial charge in [-0.3, -0.25) is 9.48 Å². The van der Waals surface area contributed by atoms with E-state index in [2.05, 4.69) is 22.4 Å². The van der Waals surface area contributed by atoms with Crippen LogP contribution in [-0.4, -0.2) is 40.2 Å². The smallest absolute Gasteiger partial charge is 0.226 e. The van der Waals surface area contributed by atoms with E-state index in [4.69, 9.17) is 0 Å². The van der Waals surface area contributed by atoms with Gasteiger partial charge in [-0.15, -0.1) is 0 Å². The summed E-state index contributed by atoms with van der Waals surface area (Å²) in [6.45, 7) is 3.01. The fraction of sp³-hybridized carbons (Fsp3) is 0.692. The number of rotatable bonds is 3. The van der Waals surface area contributed by atoms with Crippen molar-refractivity contribution in [2.24, 2.45) is 7.05 Å². The van der Waals surface area contributed by atoms with Gasteiger partial charge < -0.3 is 10.2 Å².